The molecule has 1 fully saturated rings. The second kappa shape index (κ2) is 7.63. The Balaban J connectivity index is 1.77. The van der Waals surface area contributed by atoms with Crippen molar-refractivity contribution in [1.82, 2.24) is 15.3 Å². The van der Waals surface area contributed by atoms with E-state index < -0.39 is 0 Å². The van der Waals surface area contributed by atoms with Crippen LogP contribution in [0.15, 0.2) is 35.6 Å². The van der Waals surface area contributed by atoms with Gasteiger partial charge in [-0.15, -0.1) is 0 Å². The fraction of sp³-hybridized carbons (Fsp3) is 0.429. The number of methoxy groups -OCH3 is 1. The Hall–Kier alpha value is -2.67. The average Bonchev–Trinajstić information content (AvgIpc) is 2.69. The van der Waals surface area contributed by atoms with Crippen LogP contribution in [0.5, 0.6) is 11.5 Å². The molecule has 0 bridgehead atoms. The molecule has 8 heteroatoms. The highest BCUT2D eigenvalue weighted by atomic mass is 35.5. The van der Waals surface area contributed by atoms with Crippen LogP contribution in [0.3, 0.4) is 0 Å². The zero-order valence-corrected chi connectivity index (χ0v) is 17.9. The minimum absolute atomic E-state index is 0.104. The summed E-state index contributed by atoms with van der Waals surface area (Å²) in [7, 11) is 1.58. The number of aliphatic imine (C=N–C) groups is 1. The minimum atomic E-state index is -0.310. The lowest BCUT2D eigenvalue weighted by molar-refractivity contribution is -0.164. The van der Waals surface area contributed by atoms with Crippen molar-refractivity contribution in [3.05, 3.63) is 41.4 Å². The average molecular weight is 417 g/mol. The fourth-order valence-corrected chi connectivity index (χ4v) is 4.54. The molecule has 0 atom stereocenters. The smallest absolute Gasteiger partial charge is 0.254 e. The molecule has 0 unspecified atom stereocenters. The second-order valence-corrected chi connectivity index (χ2v) is 8.62. The largest absolute Gasteiger partial charge is 0.494 e. The molecule has 1 saturated carbocycles. The van der Waals surface area contributed by atoms with E-state index in [0.717, 1.165) is 0 Å². The monoisotopic (exact) mass is 416 g/mol. The molecule has 1 amide bonds. The lowest BCUT2D eigenvalue weighted by Gasteiger charge is -2.63. The molecular weight excluding hydrogens is 392 g/mol. The lowest BCUT2D eigenvalue weighted by atomic mass is 9.49. The number of rotatable bonds is 6. The van der Waals surface area contributed by atoms with Gasteiger partial charge in [0.2, 0.25) is 5.28 Å². The second-order valence-electron chi connectivity index (χ2n) is 8.28. The van der Waals surface area contributed by atoms with Crippen LogP contribution in [-0.4, -0.2) is 41.8 Å². The number of nitrogens with zero attached hydrogens (tertiary/aromatic N) is 3. The zero-order chi connectivity index (χ0) is 21.4. The Kier molecular flexibility index (Phi) is 5.54. The van der Waals surface area contributed by atoms with Gasteiger partial charge >= 0.3 is 0 Å². The summed E-state index contributed by atoms with van der Waals surface area (Å²) in [5.41, 5.74) is 0.397. The van der Waals surface area contributed by atoms with Crippen molar-refractivity contribution >= 4 is 29.9 Å². The van der Waals surface area contributed by atoms with Gasteiger partial charge in [0.05, 0.1) is 12.7 Å². The van der Waals surface area contributed by atoms with E-state index in [0.29, 0.717) is 22.7 Å². The summed E-state index contributed by atoms with van der Waals surface area (Å²) in [6.07, 6.45) is 2.70. The van der Waals surface area contributed by atoms with E-state index in [2.05, 4.69) is 54.7 Å². The first-order chi connectivity index (χ1) is 13.6. The van der Waals surface area contributed by atoms with Crippen LogP contribution >= 0.6 is 11.6 Å². The number of amides is 1. The SMILES string of the molecule is C=Nc1ccc(OC2C(C)(C)C(NC(=O)c3cnc(Cl)nc3)C2(C)C)cc1OC. The molecule has 154 valence electrons. The van der Waals surface area contributed by atoms with E-state index in [4.69, 9.17) is 21.1 Å². The Morgan fingerprint density at radius 2 is 1.83 bits per heavy atom. The molecule has 7 nitrogen and oxygen atoms in total. The number of halogens is 1. The number of nitrogens with one attached hydrogen (secondary N) is 1. The van der Waals surface area contributed by atoms with Gasteiger partial charge in [-0.1, -0.05) is 27.7 Å². The Bertz CT molecular complexity index is 912. The first-order valence-electron chi connectivity index (χ1n) is 9.21. The third kappa shape index (κ3) is 3.79. The maximum Gasteiger partial charge on any atom is 0.254 e. The summed E-state index contributed by atoms with van der Waals surface area (Å²) in [4.78, 5) is 24.3. The first kappa shape index (κ1) is 21.0. The highest BCUT2D eigenvalue weighted by Crippen LogP contribution is 2.55. The molecule has 1 aromatic carbocycles. The lowest BCUT2D eigenvalue weighted by Crippen LogP contribution is -2.74. The molecule has 3 rings (SSSR count). The highest BCUT2D eigenvalue weighted by Gasteiger charge is 2.64. The van der Waals surface area contributed by atoms with Crippen LogP contribution < -0.4 is 14.8 Å². The van der Waals surface area contributed by atoms with Gasteiger partial charge in [-0.3, -0.25) is 9.79 Å². The number of benzene rings is 1. The number of hydrogen-bond acceptors (Lipinski definition) is 6. The molecule has 0 aliphatic heterocycles. The van der Waals surface area contributed by atoms with Crippen LogP contribution in [0.2, 0.25) is 5.28 Å². The number of aromatic nitrogens is 2. The summed E-state index contributed by atoms with van der Waals surface area (Å²) in [5, 5.41) is 3.20. The molecule has 0 spiro atoms. The van der Waals surface area contributed by atoms with Crippen LogP contribution in [0, 0.1) is 10.8 Å². The van der Waals surface area contributed by atoms with Gasteiger partial charge in [-0.25, -0.2) is 9.97 Å². The predicted octanol–water partition coefficient (Wildman–Crippen LogP) is 4.08. The van der Waals surface area contributed by atoms with E-state index in [1.807, 2.05) is 6.07 Å². The number of carbonyl (C=O) groups is 1. The Labute approximate surface area is 175 Å². The molecule has 1 aromatic heterocycles. The van der Waals surface area contributed by atoms with E-state index in [1.165, 1.54) is 12.4 Å². The van der Waals surface area contributed by atoms with Crippen LogP contribution in [-0.2, 0) is 0 Å². The van der Waals surface area contributed by atoms with Crippen molar-refractivity contribution < 1.29 is 14.3 Å². The fourth-order valence-electron chi connectivity index (χ4n) is 4.44. The van der Waals surface area contributed by atoms with Crippen LogP contribution in [0.1, 0.15) is 38.1 Å². The molecule has 2 aromatic rings. The van der Waals surface area contributed by atoms with Gasteiger partial charge in [-0.2, -0.15) is 0 Å². The Morgan fingerprint density at radius 1 is 1.21 bits per heavy atom. The third-order valence-corrected chi connectivity index (χ3v) is 5.77. The molecule has 0 radical (unpaired) electrons. The van der Waals surface area contributed by atoms with Crippen LogP contribution in [0.4, 0.5) is 5.69 Å². The summed E-state index contributed by atoms with van der Waals surface area (Å²) < 4.78 is 11.7. The van der Waals surface area contributed by atoms with Crippen molar-refractivity contribution in [2.45, 2.75) is 39.8 Å². The van der Waals surface area contributed by atoms with Gasteiger partial charge < -0.3 is 14.8 Å². The van der Waals surface area contributed by atoms with E-state index in [1.54, 1.807) is 19.2 Å². The molecule has 0 saturated heterocycles. The van der Waals surface area contributed by atoms with E-state index in [-0.39, 0.29) is 34.2 Å². The standard InChI is InChI=1S/C21H25ClN4O3/c1-20(2)17(26-16(27)12-10-24-19(22)25-11-12)21(3,4)18(20)29-13-7-8-14(23-5)15(9-13)28-6/h7-11,17-18H,5H2,1-4,6H3,(H,26,27). The van der Waals surface area contributed by atoms with Crippen molar-refractivity contribution in [2.24, 2.45) is 15.8 Å². The molecule has 1 N–H and O–H groups in total. The van der Waals surface area contributed by atoms with Crippen molar-refractivity contribution in [3.8, 4) is 11.5 Å². The summed E-state index contributed by atoms with van der Waals surface area (Å²) in [6.45, 7) is 11.8. The highest BCUT2D eigenvalue weighted by molar-refractivity contribution is 6.28. The van der Waals surface area contributed by atoms with E-state index >= 15 is 0 Å². The first-order valence-corrected chi connectivity index (χ1v) is 9.59. The molecule has 29 heavy (non-hydrogen) atoms. The van der Waals surface area contributed by atoms with Crippen molar-refractivity contribution in [3.63, 3.8) is 0 Å². The zero-order valence-electron chi connectivity index (χ0n) is 17.2. The molecule has 1 aliphatic carbocycles. The van der Waals surface area contributed by atoms with Crippen molar-refractivity contribution in [2.75, 3.05) is 7.11 Å². The maximum atomic E-state index is 12.6. The molecular formula is C21H25ClN4O3. The third-order valence-electron chi connectivity index (χ3n) is 5.57. The maximum absolute atomic E-state index is 12.6. The van der Waals surface area contributed by atoms with Gasteiger partial charge in [0.1, 0.15) is 23.3 Å². The van der Waals surface area contributed by atoms with Gasteiger partial charge in [-0.05, 0) is 30.5 Å². The van der Waals surface area contributed by atoms with Gasteiger partial charge in [0.25, 0.3) is 5.91 Å². The van der Waals surface area contributed by atoms with Gasteiger partial charge in [0.15, 0.2) is 0 Å². The van der Waals surface area contributed by atoms with Crippen molar-refractivity contribution in [1.29, 1.82) is 0 Å². The number of ether oxygens (including phenoxy) is 2. The summed E-state index contributed by atoms with van der Waals surface area (Å²) in [5.74, 6) is 1.03. The minimum Gasteiger partial charge on any atom is -0.494 e. The molecule has 1 aliphatic rings. The predicted molar refractivity (Wildman–Crippen MR) is 112 cm³/mol. The quantitative estimate of drug-likeness (QED) is 0.566. The summed E-state index contributed by atoms with van der Waals surface area (Å²) >= 11 is 5.70. The van der Waals surface area contributed by atoms with Crippen LogP contribution in [0.25, 0.3) is 0 Å². The molecule has 1 heterocycles. The van der Waals surface area contributed by atoms with E-state index in [9.17, 15) is 4.79 Å². The number of carbonyl (C=O) groups excluding carboxylic acids is 1. The topological polar surface area (TPSA) is 85.7 Å². The Morgan fingerprint density at radius 3 is 2.38 bits per heavy atom. The summed E-state index contributed by atoms with van der Waals surface area (Å²) in [6, 6.07) is 5.33. The normalized spacial score (nSPS) is 21.6. The number of hydrogen-bond donors (Lipinski definition) is 1. The van der Waals surface area contributed by atoms with Gasteiger partial charge in [0, 0.05) is 35.3 Å².